The number of carboxylic acids is 1. The van der Waals surface area contributed by atoms with Gasteiger partial charge in [-0.15, -0.1) is 0 Å². The van der Waals surface area contributed by atoms with Crippen molar-refractivity contribution < 1.29 is 27.8 Å². The highest BCUT2D eigenvalue weighted by atomic mass is 35.5. The Morgan fingerprint density at radius 2 is 1.97 bits per heavy atom. The maximum Gasteiger partial charge on any atom is 0.432 e. The summed E-state index contributed by atoms with van der Waals surface area (Å²) in [7, 11) is 0. The van der Waals surface area contributed by atoms with Crippen molar-refractivity contribution in [1.29, 1.82) is 0 Å². The van der Waals surface area contributed by atoms with Crippen LogP contribution in [0.25, 0.3) is 22.5 Å². The number of rotatable bonds is 6. The van der Waals surface area contributed by atoms with E-state index in [9.17, 15) is 23.1 Å². The Morgan fingerprint density at radius 1 is 1.22 bits per heavy atom. The molecule has 1 aliphatic rings. The molecule has 10 heteroatoms. The number of pyridine rings is 1. The van der Waals surface area contributed by atoms with Crippen molar-refractivity contribution in [3.8, 4) is 28.4 Å². The molecule has 1 aromatic carbocycles. The van der Waals surface area contributed by atoms with Crippen LogP contribution in [-0.2, 0) is 11.0 Å². The summed E-state index contributed by atoms with van der Waals surface area (Å²) in [5, 5.41) is 9.64. The number of carbonyl (C=O) groups is 1. The number of benzene rings is 1. The number of hydrogen-bond donors (Lipinski definition) is 2. The van der Waals surface area contributed by atoms with Crippen molar-refractivity contribution >= 4 is 17.6 Å². The van der Waals surface area contributed by atoms with Crippen LogP contribution >= 0.6 is 11.6 Å². The molecule has 2 aromatic heterocycles. The third-order valence-corrected chi connectivity index (χ3v) is 6.08. The van der Waals surface area contributed by atoms with Gasteiger partial charge in [-0.25, -0.2) is 9.97 Å². The van der Waals surface area contributed by atoms with Gasteiger partial charge in [0.25, 0.3) is 0 Å². The Hall–Kier alpha value is -3.07. The van der Waals surface area contributed by atoms with Gasteiger partial charge < -0.3 is 14.8 Å². The molecule has 6 nitrogen and oxygen atoms in total. The number of carboxylic acid groups (broad SMARTS) is 1. The van der Waals surface area contributed by atoms with Crippen molar-refractivity contribution in [3.63, 3.8) is 0 Å². The van der Waals surface area contributed by atoms with Gasteiger partial charge in [-0.2, -0.15) is 13.2 Å². The summed E-state index contributed by atoms with van der Waals surface area (Å²) >= 11 is 6.33. The number of hydrogen-bond acceptors (Lipinski definition) is 4. The fourth-order valence-corrected chi connectivity index (χ4v) is 3.89. The summed E-state index contributed by atoms with van der Waals surface area (Å²) < 4.78 is 44.1. The molecule has 0 spiro atoms. The predicted octanol–water partition coefficient (Wildman–Crippen LogP) is 5.75. The Morgan fingerprint density at radius 3 is 2.50 bits per heavy atom. The quantitative estimate of drug-likeness (QED) is 0.483. The highest BCUT2D eigenvalue weighted by Crippen LogP contribution is 2.41. The zero-order chi connectivity index (χ0) is 23.1. The van der Waals surface area contributed by atoms with Gasteiger partial charge in [0.2, 0.25) is 5.88 Å². The summed E-state index contributed by atoms with van der Waals surface area (Å²) in [4.78, 5) is 21.8. The molecule has 0 aliphatic heterocycles. The second kappa shape index (κ2) is 8.12. The van der Waals surface area contributed by atoms with Crippen LogP contribution in [0.15, 0.2) is 36.7 Å². The first-order valence-electron chi connectivity index (χ1n) is 9.84. The van der Waals surface area contributed by atoms with Crippen LogP contribution in [0.3, 0.4) is 0 Å². The third-order valence-electron chi connectivity index (χ3n) is 5.76. The van der Waals surface area contributed by atoms with Crippen LogP contribution in [0.4, 0.5) is 13.2 Å². The van der Waals surface area contributed by atoms with E-state index >= 15 is 0 Å². The smallest absolute Gasteiger partial charge is 0.432 e. The number of nitrogens with one attached hydrogen (secondary N) is 1. The molecule has 1 saturated carbocycles. The molecule has 168 valence electrons. The van der Waals surface area contributed by atoms with E-state index in [0.29, 0.717) is 24.3 Å². The molecule has 32 heavy (non-hydrogen) atoms. The van der Waals surface area contributed by atoms with E-state index in [4.69, 9.17) is 16.3 Å². The van der Waals surface area contributed by atoms with Crippen LogP contribution in [0, 0.1) is 12.3 Å². The normalized spacial score (nSPS) is 15.3. The average molecular weight is 466 g/mol. The largest absolute Gasteiger partial charge is 0.481 e. The lowest BCUT2D eigenvalue weighted by molar-refractivity contribution is -0.157. The zero-order valence-corrected chi connectivity index (χ0v) is 17.7. The number of imidazole rings is 1. The Labute approximate surface area is 186 Å². The van der Waals surface area contributed by atoms with Gasteiger partial charge in [0.1, 0.15) is 23.5 Å². The Bertz CT molecular complexity index is 1170. The lowest BCUT2D eigenvalue weighted by atomic mass is 9.69. The second-order valence-electron chi connectivity index (χ2n) is 7.90. The van der Waals surface area contributed by atoms with Crippen LogP contribution in [-0.4, -0.2) is 32.6 Å². The van der Waals surface area contributed by atoms with E-state index in [-0.39, 0.29) is 17.5 Å². The molecule has 0 saturated heterocycles. The van der Waals surface area contributed by atoms with Crippen LogP contribution in [0.1, 0.15) is 30.5 Å². The standard InChI is InChI=1S/C22H19ClF3N3O3/c1-12-7-18(32-11-21(20(30)31)5-2-6-21)27-9-15(12)13-3-4-14(16(23)8-13)19-28-10-17(29-19)22(24,25)26/h3-4,7-10H,2,5-6,11H2,1H3,(H,28,29)(H,30,31). The molecule has 4 rings (SSSR count). The van der Waals surface area contributed by atoms with Gasteiger partial charge in [-0.1, -0.05) is 24.1 Å². The fraction of sp³-hybridized carbons (Fsp3) is 0.318. The van der Waals surface area contributed by atoms with Gasteiger partial charge in [-0.05, 0) is 43.0 Å². The van der Waals surface area contributed by atoms with Crippen molar-refractivity contribution in [2.45, 2.75) is 32.4 Å². The molecule has 3 aromatic rings. The lowest BCUT2D eigenvalue weighted by Crippen LogP contribution is -2.43. The summed E-state index contributed by atoms with van der Waals surface area (Å²) in [6, 6.07) is 6.65. The maximum atomic E-state index is 12.8. The highest BCUT2D eigenvalue weighted by molar-refractivity contribution is 6.33. The molecule has 2 N–H and O–H groups in total. The van der Waals surface area contributed by atoms with E-state index in [1.807, 2.05) is 6.92 Å². The maximum absolute atomic E-state index is 12.8. The number of halogens is 4. The average Bonchev–Trinajstić information content (AvgIpc) is 3.17. The molecule has 0 amide bonds. The highest BCUT2D eigenvalue weighted by Gasteiger charge is 2.45. The van der Waals surface area contributed by atoms with Crippen LogP contribution in [0.5, 0.6) is 5.88 Å². The van der Waals surface area contributed by atoms with Crippen LogP contribution in [0.2, 0.25) is 5.02 Å². The Balaban J connectivity index is 1.53. The SMILES string of the molecule is Cc1cc(OCC2(C(=O)O)CCC2)ncc1-c1ccc(-c2ncc(C(F)(F)F)[nH]2)c(Cl)c1. The van der Waals surface area contributed by atoms with Gasteiger partial charge in [-0.3, -0.25) is 4.79 Å². The minimum atomic E-state index is -4.52. The predicted molar refractivity (Wildman–Crippen MR) is 111 cm³/mol. The summed E-state index contributed by atoms with van der Waals surface area (Å²) in [5.41, 5.74) is 0.867. The van der Waals surface area contributed by atoms with Gasteiger partial charge in [0.05, 0.1) is 11.2 Å². The number of alkyl halides is 3. The monoisotopic (exact) mass is 465 g/mol. The number of ether oxygens (including phenoxy) is 1. The van der Waals surface area contributed by atoms with Crippen LogP contribution < -0.4 is 4.74 Å². The minimum Gasteiger partial charge on any atom is -0.481 e. The zero-order valence-electron chi connectivity index (χ0n) is 17.0. The topological polar surface area (TPSA) is 88.1 Å². The second-order valence-corrected chi connectivity index (χ2v) is 8.31. The first kappa shape index (κ1) is 22.1. The number of aryl methyl sites for hydroxylation is 1. The van der Waals surface area contributed by atoms with Gasteiger partial charge >= 0.3 is 12.1 Å². The van der Waals surface area contributed by atoms with Crippen molar-refractivity contribution in [1.82, 2.24) is 15.0 Å². The number of nitrogens with zero attached hydrogens (tertiary/aromatic N) is 2. The molecule has 1 fully saturated rings. The summed E-state index contributed by atoms with van der Waals surface area (Å²) in [6.45, 7) is 1.92. The van der Waals surface area contributed by atoms with Crippen molar-refractivity contribution in [2.75, 3.05) is 6.61 Å². The molecule has 2 heterocycles. The number of H-pyrrole nitrogens is 1. The van der Waals surface area contributed by atoms with E-state index in [2.05, 4.69) is 15.0 Å². The molecule has 0 unspecified atom stereocenters. The number of aromatic amines is 1. The third kappa shape index (κ3) is 4.17. The first-order chi connectivity index (χ1) is 15.1. The van der Waals surface area contributed by atoms with E-state index in [1.165, 1.54) is 0 Å². The molecule has 1 aliphatic carbocycles. The molecule has 0 atom stereocenters. The van der Waals surface area contributed by atoms with E-state index in [0.717, 1.165) is 29.3 Å². The lowest BCUT2D eigenvalue weighted by Gasteiger charge is -2.36. The number of aromatic nitrogens is 3. The minimum absolute atomic E-state index is 0.0239. The van der Waals surface area contributed by atoms with E-state index in [1.54, 1.807) is 30.5 Å². The molecular formula is C22H19ClF3N3O3. The summed E-state index contributed by atoms with van der Waals surface area (Å²) in [6.07, 6.45) is -0.154. The van der Waals surface area contributed by atoms with Crippen molar-refractivity contribution in [3.05, 3.63) is 52.9 Å². The molecule has 0 radical (unpaired) electrons. The van der Waals surface area contributed by atoms with E-state index < -0.39 is 23.3 Å². The molecule has 0 bridgehead atoms. The van der Waals surface area contributed by atoms with Gasteiger partial charge in [0, 0.05) is 23.4 Å². The summed E-state index contributed by atoms with van der Waals surface area (Å²) in [5.74, 6) is -0.502. The van der Waals surface area contributed by atoms with Gasteiger partial charge in [0.15, 0.2) is 0 Å². The molecular weight excluding hydrogens is 447 g/mol. The fourth-order valence-electron chi connectivity index (χ4n) is 3.62. The van der Waals surface area contributed by atoms with Crippen molar-refractivity contribution in [2.24, 2.45) is 5.41 Å². The number of aliphatic carboxylic acids is 1. The first-order valence-corrected chi connectivity index (χ1v) is 10.2. The Kier molecular flexibility index (Phi) is 5.62.